The maximum Gasteiger partial charge on any atom is 0.444 e. The molecule has 0 radical (unpaired) electrons. The van der Waals surface area contributed by atoms with Gasteiger partial charge in [0.25, 0.3) is 10.0 Å². The molecule has 0 aliphatic rings. The summed E-state index contributed by atoms with van der Waals surface area (Å²) in [6.07, 6.45) is -4.70. The van der Waals surface area contributed by atoms with Crippen molar-refractivity contribution >= 4 is 37.9 Å². The minimum absolute atomic E-state index is 0.0420. The third kappa shape index (κ3) is 7.59. The van der Waals surface area contributed by atoms with E-state index in [1.54, 1.807) is 32.0 Å². The molecule has 0 bridgehead atoms. The molecule has 11 nitrogen and oxygen atoms in total. The van der Waals surface area contributed by atoms with E-state index in [0.29, 0.717) is 5.56 Å². The fourth-order valence-electron chi connectivity index (χ4n) is 3.95. The van der Waals surface area contributed by atoms with Crippen molar-refractivity contribution < 1.29 is 35.9 Å². The highest BCUT2D eigenvalue weighted by Crippen LogP contribution is 2.34. The first kappa shape index (κ1) is 33.3. The highest BCUT2D eigenvalue weighted by molar-refractivity contribution is 7.92. The average molecular weight is 630 g/mol. The van der Waals surface area contributed by atoms with E-state index in [1.165, 1.54) is 88.4 Å². The lowest BCUT2D eigenvalue weighted by atomic mass is 10.1. The van der Waals surface area contributed by atoms with E-state index in [0.717, 1.165) is 5.56 Å². The Morgan fingerprint density at radius 2 is 1.12 bits per heavy atom. The van der Waals surface area contributed by atoms with Crippen molar-refractivity contribution in [3.63, 3.8) is 0 Å². The Kier molecular flexibility index (Phi) is 10.4. The van der Waals surface area contributed by atoms with Crippen molar-refractivity contribution in [2.75, 3.05) is 0 Å². The molecule has 3 aromatic rings. The molecule has 0 saturated carbocycles. The smallest absolute Gasteiger partial charge is 0.444 e. The fourth-order valence-corrected chi connectivity index (χ4v) is 6.94. The van der Waals surface area contributed by atoms with Crippen molar-refractivity contribution in [3.05, 3.63) is 95.6 Å². The zero-order valence-corrected chi connectivity index (χ0v) is 26.3. The van der Waals surface area contributed by atoms with Crippen LogP contribution in [0, 0.1) is 19.3 Å². The van der Waals surface area contributed by atoms with Crippen molar-refractivity contribution in [1.29, 1.82) is 5.41 Å². The lowest BCUT2D eigenvalue weighted by Gasteiger charge is -2.35. The summed E-state index contributed by atoms with van der Waals surface area (Å²) in [5, 5.41) is 7.35. The maximum absolute atomic E-state index is 14.2. The van der Waals surface area contributed by atoms with Crippen LogP contribution in [0.25, 0.3) is 0 Å². The number of amidine groups is 1. The van der Waals surface area contributed by atoms with Gasteiger partial charge in [-0.2, -0.15) is 13.4 Å². The molecule has 2 amide bonds. The van der Waals surface area contributed by atoms with E-state index in [-0.39, 0.29) is 19.9 Å². The highest BCUT2D eigenvalue weighted by atomic mass is 32.2. The number of hydrogen-bond acceptors (Lipinski definition) is 9. The summed E-state index contributed by atoms with van der Waals surface area (Å²) in [7, 11) is -9.49. The summed E-state index contributed by atoms with van der Waals surface area (Å²) in [6.45, 7) is 9.37. The number of sulfone groups is 1. The molecule has 0 aromatic heterocycles. The van der Waals surface area contributed by atoms with Gasteiger partial charge in [-0.05, 0) is 71.4 Å². The van der Waals surface area contributed by atoms with Gasteiger partial charge in [-0.3, -0.25) is 5.41 Å². The first-order valence-electron chi connectivity index (χ1n) is 13.3. The first-order chi connectivity index (χ1) is 20.1. The quantitative estimate of drug-likeness (QED) is 0.187. The zero-order valence-electron chi connectivity index (χ0n) is 24.7. The van der Waals surface area contributed by atoms with Crippen LogP contribution in [0.4, 0.5) is 9.59 Å². The molecule has 1 unspecified atom stereocenters. The van der Waals surface area contributed by atoms with Crippen LogP contribution in [-0.2, 0) is 29.3 Å². The van der Waals surface area contributed by atoms with E-state index in [2.05, 4.69) is 0 Å². The van der Waals surface area contributed by atoms with E-state index in [4.69, 9.17) is 9.47 Å². The summed E-state index contributed by atoms with van der Waals surface area (Å²) in [6, 6.07) is 18.8. The molecule has 0 heterocycles. The maximum atomic E-state index is 14.2. The third-order valence-corrected chi connectivity index (χ3v) is 9.65. The monoisotopic (exact) mass is 629 g/mol. The normalized spacial score (nSPS) is 12.5. The molecular formula is C30H35N3O8S2. The molecule has 1 N–H and O–H groups in total. The number of nitrogens with one attached hydrogen (secondary N) is 1. The molecule has 230 valence electrons. The molecule has 0 saturated heterocycles. The van der Waals surface area contributed by atoms with Gasteiger partial charge in [0.2, 0.25) is 0 Å². The number of ether oxygens (including phenoxy) is 2. The second-order valence-electron chi connectivity index (χ2n) is 10.3. The van der Waals surface area contributed by atoms with Gasteiger partial charge >= 0.3 is 12.2 Å². The standard InChI is InChI=1S/C30H35N3O8S2/c1-20(2)40-29(34)32(33(30(35)41-21(3)4)43(38,39)26-18-14-23(6)15-19-26)28(31)27(24-10-8-7-9-11-24)42(36,37)25-16-12-22(5)13-17-25/h7-21,27,31H,1-6H3. The lowest BCUT2D eigenvalue weighted by molar-refractivity contribution is 0.0319. The Labute approximate surface area is 252 Å². The van der Waals surface area contributed by atoms with Crippen LogP contribution in [-0.4, -0.2) is 56.5 Å². The Morgan fingerprint density at radius 3 is 1.58 bits per heavy atom. The van der Waals surface area contributed by atoms with Gasteiger partial charge in [0.15, 0.2) is 20.9 Å². The molecule has 0 spiro atoms. The number of hydrazine groups is 1. The zero-order chi connectivity index (χ0) is 32.1. The van der Waals surface area contributed by atoms with Gasteiger partial charge in [0.1, 0.15) is 0 Å². The van der Waals surface area contributed by atoms with Crippen molar-refractivity contribution in [3.8, 4) is 0 Å². The summed E-state index contributed by atoms with van der Waals surface area (Å²) in [5.41, 5.74) is 1.53. The number of benzene rings is 3. The number of sulfonamides is 1. The Hall–Kier alpha value is -4.23. The minimum Gasteiger partial charge on any atom is -0.445 e. The largest absolute Gasteiger partial charge is 0.445 e. The van der Waals surface area contributed by atoms with E-state index in [1.807, 2.05) is 0 Å². The van der Waals surface area contributed by atoms with Gasteiger partial charge in [-0.1, -0.05) is 70.1 Å². The second-order valence-corrected chi connectivity index (χ2v) is 14.1. The van der Waals surface area contributed by atoms with Gasteiger partial charge in [-0.25, -0.2) is 18.0 Å². The van der Waals surface area contributed by atoms with Crippen molar-refractivity contribution in [1.82, 2.24) is 9.42 Å². The predicted octanol–water partition coefficient (Wildman–Crippen LogP) is 5.79. The second kappa shape index (κ2) is 13.4. The minimum atomic E-state index is -4.97. The summed E-state index contributed by atoms with van der Waals surface area (Å²) < 4.78 is 66.9. The first-order valence-corrected chi connectivity index (χ1v) is 16.3. The van der Waals surface area contributed by atoms with Gasteiger partial charge in [0.05, 0.1) is 22.0 Å². The molecule has 13 heteroatoms. The van der Waals surface area contributed by atoms with E-state index < -0.39 is 60.2 Å². The van der Waals surface area contributed by atoms with Crippen LogP contribution in [0.3, 0.4) is 0 Å². The van der Waals surface area contributed by atoms with Gasteiger partial charge in [0, 0.05) is 0 Å². The number of rotatable bonds is 8. The number of carbonyl (C=O) groups excluding carboxylic acids is 2. The molecule has 3 aromatic carbocycles. The topological polar surface area (TPSA) is 151 Å². The Morgan fingerprint density at radius 1 is 0.674 bits per heavy atom. The molecule has 0 aliphatic heterocycles. The van der Waals surface area contributed by atoms with Gasteiger partial charge in [-0.15, -0.1) is 0 Å². The summed E-state index contributed by atoms with van der Waals surface area (Å²) >= 11 is 0. The molecular weight excluding hydrogens is 594 g/mol. The lowest BCUT2D eigenvalue weighted by Crippen LogP contribution is -2.57. The molecule has 3 rings (SSSR count). The number of aryl methyl sites for hydroxylation is 2. The van der Waals surface area contributed by atoms with Crippen LogP contribution in [0.5, 0.6) is 0 Å². The van der Waals surface area contributed by atoms with Crippen LogP contribution < -0.4 is 0 Å². The number of carbonyl (C=O) groups is 2. The SMILES string of the molecule is Cc1ccc(S(=O)(=O)C(C(=N)N(C(=O)OC(C)C)N(C(=O)OC(C)C)S(=O)(=O)c2ccc(C)cc2)c2ccccc2)cc1. The molecule has 43 heavy (non-hydrogen) atoms. The number of hydrogen-bond donors (Lipinski definition) is 1. The Bertz CT molecular complexity index is 1670. The van der Waals surface area contributed by atoms with Crippen LogP contribution in [0.1, 0.15) is 49.6 Å². The van der Waals surface area contributed by atoms with Crippen LogP contribution in [0.15, 0.2) is 88.7 Å². The molecule has 1 atom stereocenters. The number of amides is 2. The third-order valence-electron chi connectivity index (χ3n) is 5.97. The predicted molar refractivity (Wildman–Crippen MR) is 161 cm³/mol. The van der Waals surface area contributed by atoms with Gasteiger partial charge < -0.3 is 9.47 Å². The van der Waals surface area contributed by atoms with E-state index in [9.17, 15) is 31.8 Å². The van der Waals surface area contributed by atoms with E-state index >= 15 is 0 Å². The Balaban J connectivity index is 2.35. The average Bonchev–Trinajstić information content (AvgIpc) is 2.91. The van der Waals surface area contributed by atoms with Crippen LogP contribution in [0.2, 0.25) is 0 Å². The summed E-state index contributed by atoms with van der Waals surface area (Å²) in [5.74, 6) is -1.08. The molecule has 0 fully saturated rings. The van der Waals surface area contributed by atoms with Crippen molar-refractivity contribution in [2.24, 2.45) is 0 Å². The van der Waals surface area contributed by atoms with Crippen LogP contribution >= 0.6 is 0 Å². The number of nitrogens with zero attached hydrogens (tertiary/aromatic N) is 2. The summed E-state index contributed by atoms with van der Waals surface area (Å²) in [4.78, 5) is 26.6. The fraction of sp³-hybridized carbons (Fsp3) is 0.300. The van der Waals surface area contributed by atoms with Crippen molar-refractivity contribution in [2.45, 2.75) is 68.8 Å². The highest BCUT2D eigenvalue weighted by Gasteiger charge is 2.47. The molecule has 0 aliphatic carbocycles.